The van der Waals surface area contributed by atoms with Crippen LogP contribution in [0.2, 0.25) is 5.02 Å². The topological polar surface area (TPSA) is 29.1 Å². The number of carbonyl (C=O) groups is 1. The minimum Gasteiger partial charge on any atom is -0.354 e. The molecule has 2 nitrogen and oxygen atoms in total. The number of benzene rings is 4. The number of carbonyl (C=O) groups excluding carboxylic acids is 1. The molecule has 1 heterocycles. The Kier molecular flexibility index (Phi) is 3.47. The Labute approximate surface area is 173 Å². The highest BCUT2D eigenvalue weighted by Crippen LogP contribution is 2.50. The van der Waals surface area contributed by atoms with Gasteiger partial charge in [-0.3, -0.25) is 4.79 Å². The lowest BCUT2D eigenvalue weighted by Gasteiger charge is -2.30. The maximum atomic E-state index is 13.4. The van der Waals surface area contributed by atoms with E-state index in [0.29, 0.717) is 5.02 Å². The molecule has 0 saturated heterocycles. The summed E-state index contributed by atoms with van der Waals surface area (Å²) in [6.07, 6.45) is 0. The quantitative estimate of drug-likeness (QED) is 0.392. The van der Waals surface area contributed by atoms with Gasteiger partial charge in [-0.05, 0) is 28.6 Å². The van der Waals surface area contributed by atoms with Crippen molar-refractivity contribution in [3.05, 3.63) is 118 Å². The standard InChI is InChI=1S/C26H16ClNO/c27-17-12-9-16(10-13-17)22-21-14-11-15-5-1-2-6-18(15)24(21)28-25-19-7-3-4-8-20(19)26(29)23(22)25/h1-14,22,28H. The van der Waals surface area contributed by atoms with E-state index in [9.17, 15) is 4.79 Å². The summed E-state index contributed by atoms with van der Waals surface area (Å²) >= 11 is 6.15. The average Bonchev–Trinajstić information content (AvgIpc) is 3.05. The van der Waals surface area contributed by atoms with Gasteiger partial charge in [0.2, 0.25) is 0 Å². The van der Waals surface area contributed by atoms with Crippen molar-refractivity contribution in [2.24, 2.45) is 0 Å². The molecule has 1 atom stereocenters. The maximum Gasteiger partial charge on any atom is 0.192 e. The number of fused-ring (bicyclic) bond motifs is 5. The number of halogens is 1. The summed E-state index contributed by atoms with van der Waals surface area (Å²) in [5, 5.41) is 6.66. The highest BCUT2D eigenvalue weighted by Gasteiger charge is 2.40. The fourth-order valence-corrected chi connectivity index (χ4v) is 4.79. The predicted octanol–water partition coefficient (Wildman–Crippen LogP) is 6.66. The molecule has 1 aliphatic carbocycles. The number of allylic oxidation sites excluding steroid dienone is 1. The number of nitrogens with one attached hydrogen (secondary N) is 1. The molecule has 0 amide bonds. The number of rotatable bonds is 1. The Hall–Kier alpha value is -3.36. The number of Topliss-reactive ketones (excluding diaryl/α,β-unsaturated/α-hetero) is 1. The van der Waals surface area contributed by atoms with Crippen LogP contribution >= 0.6 is 11.6 Å². The van der Waals surface area contributed by atoms with Crippen LogP contribution in [-0.2, 0) is 0 Å². The van der Waals surface area contributed by atoms with Crippen LogP contribution in [0.3, 0.4) is 0 Å². The van der Waals surface area contributed by atoms with Crippen LogP contribution in [0, 0.1) is 0 Å². The average molecular weight is 394 g/mol. The molecule has 1 aliphatic heterocycles. The van der Waals surface area contributed by atoms with Crippen molar-refractivity contribution in [1.29, 1.82) is 0 Å². The normalized spacial score (nSPS) is 17.0. The molecule has 0 aromatic heterocycles. The highest BCUT2D eigenvalue weighted by atomic mass is 35.5. The molecule has 1 N–H and O–H groups in total. The van der Waals surface area contributed by atoms with Gasteiger partial charge in [0.1, 0.15) is 0 Å². The van der Waals surface area contributed by atoms with Crippen LogP contribution in [-0.4, -0.2) is 5.78 Å². The molecule has 0 saturated carbocycles. The molecule has 3 heteroatoms. The molecule has 29 heavy (non-hydrogen) atoms. The van der Waals surface area contributed by atoms with Crippen molar-refractivity contribution in [1.82, 2.24) is 0 Å². The summed E-state index contributed by atoms with van der Waals surface area (Å²) in [6.45, 7) is 0. The summed E-state index contributed by atoms with van der Waals surface area (Å²) in [7, 11) is 0. The van der Waals surface area contributed by atoms with Gasteiger partial charge in [0.15, 0.2) is 5.78 Å². The van der Waals surface area contributed by atoms with E-state index in [-0.39, 0.29) is 11.7 Å². The molecule has 6 rings (SSSR count). The lowest BCUT2D eigenvalue weighted by molar-refractivity contribution is 0.103. The van der Waals surface area contributed by atoms with Gasteiger partial charge >= 0.3 is 0 Å². The SMILES string of the molecule is O=C1C2=C(Nc3c(ccc4ccccc34)C2c2ccc(Cl)cc2)c2ccccc21. The lowest BCUT2D eigenvalue weighted by Crippen LogP contribution is -2.19. The molecule has 1 unspecified atom stereocenters. The molecular formula is C26H16ClNO. The largest absolute Gasteiger partial charge is 0.354 e. The second-order valence-electron chi connectivity index (χ2n) is 7.52. The Morgan fingerprint density at radius 1 is 0.759 bits per heavy atom. The van der Waals surface area contributed by atoms with Gasteiger partial charge < -0.3 is 5.32 Å². The Morgan fingerprint density at radius 3 is 2.31 bits per heavy atom. The van der Waals surface area contributed by atoms with Crippen LogP contribution in [0.5, 0.6) is 0 Å². The highest BCUT2D eigenvalue weighted by molar-refractivity contribution is 6.30. The number of ketones is 1. The first kappa shape index (κ1) is 16.6. The van der Waals surface area contributed by atoms with E-state index in [4.69, 9.17) is 11.6 Å². The minimum atomic E-state index is -0.136. The van der Waals surface area contributed by atoms with Crippen molar-refractivity contribution in [2.75, 3.05) is 5.32 Å². The van der Waals surface area contributed by atoms with Crippen molar-refractivity contribution < 1.29 is 4.79 Å². The van der Waals surface area contributed by atoms with Crippen molar-refractivity contribution >= 4 is 39.5 Å². The molecule has 0 spiro atoms. The Balaban J connectivity index is 1.68. The van der Waals surface area contributed by atoms with Gasteiger partial charge in [0, 0.05) is 33.0 Å². The lowest BCUT2D eigenvalue weighted by atomic mass is 9.79. The molecular weight excluding hydrogens is 378 g/mol. The number of anilines is 1. The summed E-state index contributed by atoms with van der Waals surface area (Å²) in [6, 6.07) is 28.3. The summed E-state index contributed by atoms with van der Waals surface area (Å²) < 4.78 is 0. The van der Waals surface area contributed by atoms with Gasteiger partial charge in [-0.15, -0.1) is 0 Å². The first-order chi connectivity index (χ1) is 14.2. The molecule has 4 aromatic rings. The van der Waals surface area contributed by atoms with Crippen molar-refractivity contribution in [2.45, 2.75) is 5.92 Å². The Bertz CT molecular complexity index is 1350. The molecule has 2 aliphatic rings. The fourth-order valence-electron chi connectivity index (χ4n) is 4.66. The van der Waals surface area contributed by atoms with E-state index in [1.165, 1.54) is 5.39 Å². The van der Waals surface area contributed by atoms with Gasteiger partial charge in [-0.1, -0.05) is 84.4 Å². The molecule has 0 fully saturated rings. The first-order valence-electron chi connectivity index (χ1n) is 9.65. The van der Waals surface area contributed by atoms with Gasteiger partial charge in [-0.2, -0.15) is 0 Å². The zero-order valence-corrected chi connectivity index (χ0v) is 16.2. The maximum absolute atomic E-state index is 13.4. The van der Waals surface area contributed by atoms with Crippen LogP contribution in [0.15, 0.2) is 90.5 Å². The monoisotopic (exact) mass is 393 g/mol. The van der Waals surface area contributed by atoms with Crippen LogP contribution in [0.4, 0.5) is 5.69 Å². The molecule has 0 bridgehead atoms. The first-order valence-corrected chi connectivity index (χ1v) is 10.0. The summed E-state index contributed by atoms with van der Waals surface area (Å²) in [5.41, 5.74) is 6.75. The summed E-state index contributed by atoms with van der Waals surface area (Å²) in [5.74, 6) is -0.0371. The fraction of sp³-hybridized carbons (Fsp3) is 0.0385. The van der Waals surface area contributed by atoms with Crippen LogP contribution in [0.1, 0.15) is 33.0 Å². The van der Waals surface area contributed by atoms with Crippen molar-refractivity contribution in [3.8, 4) is 0 Å². The van der Waals surface area contributed by atoms with E-state index in [0.717, 1.165) is 44.6 Å². The van der Waals surface area contributed by atoms with E-state index < -0.39 is 0 Å². The smallest absolute Gasteiger partial charge is 0.192 e. The van der Waals surface area contributed by atoms with Crippen molar-refractivity contribution in [3.63, 3.8) is 0 Å². The zero-order chi connectivity index (χ0) is 19.5. The van der Waals surface area contributed by atoms with E-state index >= 15 is 0 Å². The minimum absolute atomic E-state index is 0.0989. The van der Waals surface area contributed by atoms with E-state index in [1.54, 1.807) is 0 Å². The van der Waals surface area contributed by atoms with Gasteiger partial charge in [0.05, 0.1) is 11.4 Å². The molecule has 0 radical (unpaired) electrons. The van der Waals surface area contributed by atoms with Gasteiger partial charge in [-0.25, -0.2) is 0 Å². The molecule has 138 valence electrons. The van der Waals surface area contributed by atoms with Crippen LogP contribution in [0.25, 0.3) is 16.5 Å². The number of hydrogen-bond acceptors (Lipinski definition) is 2. The summed E-state index contributed by atoms with van der Waals surface area (Å²) in [4.78, 5) is 13.4. The predicted molar refractivity (Wildman–Crippen MR) is 119 cm³/mol. The van der Waals surface area contributed by atoms with E-state index in [1.807, 2.05) is 54.6 Å². The number of hydrogen-bond donors (Lipinski definition) is 1. The van der Waals surface area contributed by atoms with E-state index in [2.05, 4.69) is 35.6 Å². The second-order valence-corrected chi connectivity index (χ2v) is 7.96. The van der Waals surface area contributed by atoms with Gasteiger partial charge in [0.25, 0.3) is 0 Å². The molecule has 4 aromatic carbocycles. The third-order valence-electron chi connectivity index (χ3n) is 5.97. The third-order valence-corrected chi connectivity index (χ3v) is 6.22. The Morgan fingerprint density at radius 2 is 1.48 bits per heavy atom. The second kappa shape index (κ2) is 6.07. The van der Waals surface area contributed by atoms with Crippen LogP contribution < -0.4 is 5.32 Å². The third kappa shape index (κ3) is 2.33. The zero-order valence-electron chi connectivity index (χ0n) is 15.4.